The number of aryl methyl sites for hydroxylation is 2. The van der Waals surface area contributed by atoms with Crippen LogP contribution in [0.5, 0.6) is 0 Å². The van der Waals surface area contributed by atoms with Crippen LogP contribution >= 0.6 is 23.4 Å². The number of hydrogen-bond donors (Lipinski definition) is 0. The van der Waals surface area contributed by atoms with Crippen molar-refractivity contribution >= 4 is 23.4 Å². The van der Waals surface area contributed by atoms with Crippen molar-refractivity contribution < 1.29 is 0 Å². The van der Waals surface area contributed by atoms with E-state index in [1.54, 1.807) is 0 Å². The summed E-state index contributed by atoms with van der Waals surface area (Å²) < 4.78 is 1.93. The van der Waals surface area contributed by atoms with Crippen molar-refractivity contribution in [2.75, 3.05) is 5.88 Å². The molecule has 0 spiro atoms. The first-order valence-electron chi connectivity index (χ1n) is 7.40. The summed E-state index contributed by atoms with van der Waals surface area (Å²) in [6.07, 6.45) is 3.73. The molecule has 2 nitrogen and oxygen atoms in total. The molecule has 0 aliphatic rings. The normalized spacial score (nSPS) is 10.1. The SMILES string of the molecule is CCCCCCl.Cc1cc(SCc2ccccc2)n(C)n1. The Morgan fingerprint density at radius 2 is 1.90 bits per heavy atom. The van der Waals surface area contributed by atoms with E-state index in [0.717, 1.165) is 17.3 Å². The predicted molar refractivity (Wildman–Crippen MR) is 94.2 cm³/mol. The lowest BCUT2D eigenvalue weighted by molar-refractivity contribution is 0.692. The topological polar surface area (TPSA) is 17.8 Å². The van der Waals surface area contributed by atoms with Gasteiger partial charge in [-0.3, -0.25) is 4.68 Å². The minimum atomic E-state index is 0.827. The zero-order chi connectivity index (χ0) is 15.5. The smallest absolute Gasteiger partial charge is 0.0942 e. The lowest BCUT2D eigenvalue weighted by atomic mass is 10.2. The zero-order valence-electron chi connectivity index (χ0n) is 13.2. The monoisotopic (exact) mass is 324 g/mol. The first kappa shape index (κ1) is 18.1. The Balaban J connectivity index is 0.000000315. The summed E-state index contributed by atoms with van der Waals surface area (Å²) >= 11 is 7.20. The van der Waals surface area contributed by atoms with Crippen molar-refractivity contribution in [3.05, 3.63) is 47.7 Å². The third kappa shape index (κ3) is 7.58. The van der Waals surface area contributed by atoms with E-state index in [0.29, 0.717) is 0 Å². The molecular formula is C17H25ClN2S. The molecule has 1 aromatic heterocycles. The minimum Gasteiger partial charge on any atom is -0.262 e. The van der Waals surface area contributed by atoms with Gasteiger partial charge in [-0.05, 0) is 25.0 Å². The number of thioether (sulfide) groups is 1. The second-order valence-electron chi connectivity index (χ2n) is 4.92. The Labute approximate surface area is 137 Å². The van der Waals surface area contributed by atoms with Gasteiger partial charge >= 0.3 is 0 Å². The first-order valence-corrected chi connectivity index (χ1v) is 8.92. The molecule has 2 aromatic rings. The van der Waals surface area contributed by atoms with Crippen LogP contribution in [0.4, 0.5) is 0 Å². The summed E-state index contributed by atoms with van der Waals surface area (Å²) in [7, 11) is 1.99. The summed E-state index contributed by atoms with van der Waals surface area (Å²) in [6, 6.07) is 12.6. The Kier molecular flexibility index (Phi) is 9.27. The van der Waals surface area contributed by atoms with Gasteiger partial charge in [0, 0.05) is 18.7 Å². The van der Waals surface area contributed by atoms with Gasteiger partial charge in [-0.1, -0.05) is 50.1 Å². The number of aromatic nitrogens is 2. The number of rotatable bonds is 6. The largest absolute Gasteiger partial charge is 0.262 e. The van der Waals surface area contributed by atoms with E-state index < -0.39 is 0 Å². The molecule has 1 heterocycles. The maximum absolute atomic E-state index is 5.38. The Morgan fingerprint density at radius 3 is 2.38 bits per heavy atom. The molecule has 21 heavy (non-hydrogen) atoms. The van der Waals surface area contributed by atoms with Crippen molar-refractivity contribution in [3.63, 3.8) is 0 Å². The molecule has 4 heteroatoms. The Bertz CT molecular complexity index is 493. The summed E-state index contributed by atoms with van der Waals surface area (Å²) in [5, 5.41) is 5.54. The number of benzene rings is 1. The number of unbranched alkanes of at least 4 members (excludes halogenated alkanes) is 2. The van der Waals surface area contributed by atoms with Crippen LogP contribution in [-0.4, -0.2) is 15.7 Å². The fraction of sp³-hybridized carbons (Fsp3) is 0.471. The molecule has 0 saturated heterocycles. The molecule has 0 radical (unpaired) electrons. The highest BCUT2D eigenvalue weighted by Crippen LogP contribution is 2.22. The van der Waals surface area contributed by atoms with Gasteiger partial charge < -0.3 is 0 Å². The highest BCUT2D eigenvalue weighted by molar-refractivity contribution is 7.98. The third-order valence-corrected chi connectivity index (χ3v) is 4.35. The molecule has 2 rings (SSSR count). The maximum atomic E-state index is 5.38. The van der Waals surface area contributed by atoms with Crippen LogP contribution in [0.15, 0.2) is 41.4 Å². The standard InChI is InChI=1S/C12H14N2S.C5H11Cl/c1-10-8-12(14(2)13-10)15-9-11-6-4-3-5-7-11;1-2-3-4-5-6/h3-8H,9H2,1-2H3;2-5H2,1H3. The second-order valence-corrected chi connectivity index (χ2v) is 6.29. The molecule has 0 saturated carbocycles. The summed E-state index contributed by atoms with van der Waals surface area (Å²) in [5.74, 6) is 1.83. The Morgan fingerprint density at radius 1 is 1.19 bits per heavy atom. The van der Waals surface area contributed by atoms with E-state index in [2.05, 4.69) is 42.4 Å². The van der Waals surface area contributed by atoms with Crippen LogP contribution < -0.4 is 0 Å². The van der Waals surface area contributed by atoms with Crippen molar-refractivity contribution in [1.29, 1.82) is 0 Å². The Hall–Kier alpha value is -0.930. The van der Waals surface area contributed by atoms with Crippen LogP contribution in [-0.2, 0) is 12.8 Å². The van der Waals surface area contributed by atoms with Gasteiger partial charge in [-0.2, -0.15) is 5.10 Å². The highest BCUT2D eigenvalue weighted by atomic mass is 35.5. The van der Waals surface area contributed by atoms with Crippen molar-refractivity contribution in [2.24, 2.45) is 7.05 Å². The van der Waals surface area contributed by atoms with E-state index in [9.17, 15) is 0 Å². The van der Waals surface area contributed by atoms with Gasteiger partial charge in [0.25, 0.3) is 0 Å². The molecule has 0 aliphatic heterocycles. The van der Waals surface area contributed by atoms with E-state index in [4.69, 9.17) is 11.6 Å². The van der Waals surface area contributed by atoms with Gasteiger partial charge in [0.15, 0.2) is 0 Å². The minimum absolute atomic E-state index is 0.827. The molecule has 1 aromatic carbocycles. The molecule has 0 fully saturated rings. The van der Waals surface area contributed by atoms with Crippen LogP contribution in [0.25, 0.3) is 0 Å². The molecular weight excluding hydrogens is 300 g/mol. The predicted octanol–water partition coefficient (Wildman–Crippen LogP) is 5.44. The fourth-order valence-corrected chi connectivity index (χ4v) is 2.98. The average molecular weight is 325 g/mol. The van der Waals surface area contributed by atoms with E-state index >= 15 is 0 Å². The fourth-order valence-electron chi connectivity index (χ4n) is 1.80. The van der Waals surface area contributed by atoms with Crippen LogP contribution in [0, 0.1) is 6.92 Å². The van der Waals surface area contributed by atoms with E-state index in [1.165, 1.54) is 29.9 Å². The lowest BCUT2D eigenvalue weighted by Gasteiger charge is -2.01. The highest BCUT2D eigenvalue weighted by Gasteiger charge is 2.02. The maximum Gasteiger partial charge on any atom is 0.0942 e. The molecule has 116 valence electrons. The first-order chi connectivity index (χ1) is 10.2. The quantitative estimate of drug-likeness (QED) is 0.400. The van der Waals surface area contributed by atoms with Crippen LogP contribution in [0.3, 0.4) is 0 Å². The number of alkyl halides is 1. The average Bonchev–Trinajstić information content (AvgIpc) is 2.82. The van der Waals surface area contributed by atoms with Gasteiger partial charge in [-0.25, -0.2) is 0 Å². The molecule has 0 atom stereocenters. The lowest BCUT2D eigenvalue weighted by Crippen LogP contribution is -1.92. The number of hydrogen-bond acceptors (Lipinski definition) is 2. The van der Waals surface area contributed by atoms with E-state index in [-0.39, 0.29) is 0 Å². The number of nitrogens with zero attached hydrogens (tertiary/aromatic N) is 2. The number of halogens is 1. The molecule has 0 unspecified atom stereocenters. The molecule has 0 amide bonds. The summed E-state index contributed by atoms with van der Waals surface area (Å²) in [5.41, 5.74) is 2.43. The summed E-state index contributed by atoms with van der Waals surface area (Å²) in [6.45, 7) is 4.19. The van der Waals surface area contributed by atoms with Gasteiger partial charge in [-0.15, -0.1) is 23.4 Å². The second kappa shape index (κ2) is 10.7. The van der Waals surface area contributed by atoms with E-state index in [1.807, 2.05) is 36.5 Å². The molecule has 0 N–H and O–H groups in total. The third-order valence-electron chi connectivity index (χ3n) is 2.93. The van der Waals surface area contributed by atoms with Crippen molar-refractivity contribution in [2.45, 2.75) is 43.9 Å². The molecule has 0 bridgehead atoms. The van der Waals surface area contributed by atoms with Crippen LogP contribution in [0.2, 0.25) is 0 Å². The summed E-state index contributed by atoms with van der Waals surface area (Å²) in [4.78, 5) is 0. The van der Waals surface area contributed by atoms with Crippen molar-refractivity contribution in [3.8, 4) is 0 Å². The molecule has 0 aliphatic carbocycles. The zero-order valence-corrected chi connectivity index (χ0v) is 14.8. The van der Waals surface area contributed by atoms with Gasteiger partial charge in [0.05, 0.1) is 10.7 Å². The van der Waals surface area contributed by atoms with Gasteiger partial charge in [0.1, 0.15) is 0 Å². The van der Waals surface area contributed by atoms with Crippen molar-refractivity contribution in [1.82, 2.24) is 9.78 Å². The van der Waals surface area contributed by atoms with Crippen LogP contribution in [0.1, 0.15) is 37.4 Å². The van der Waals surface area contributed by atoms with Gasteiger partial charge in [0.2, 0.25) is 0 Å².